The number of nitrogens with one attached hydrogen (secondary N) is 1. The van der Waals surface area contributed by atoms with Crippen LogP contribution in [0.25, 0.3) is 0 Å². The van der Waals surface area contributed by atoms with E-state index in [1.807, 2.05) is 54.8 Å². The van der Waals surface area contributed by atoms with Crippen LogP contribution in [0.5, 0.6) is 5.75 Å². The van der Waals surface area contributed by atoms with Crippen LogP contribution < -0.4 is 10.1 Å². The summed E-state index contributed by atoms with van der Waals surface area (Å²) in [6, 6.07) is 15.8. The van der Waals surface area contributed by atoms with E-state index in [2.05, 4.69) is 41.1 Å². The van der Waals surface area contributed by atoms with Gasteiger partial charge in [0.05, 0.1) is 5.75 Å². The molecule has 0 aliphatic heterocycles. The maximum Gasteiger partial charge on any atom is 0.234 e. The number of ether oxygens (including phenoxy) is 1. The van der Waals surface area contributed by atoms with Crippen LogP contribution in [0.1, 0.15) is 36.9 Å². The van der Waals surface area contributed by atoms with Crippen LogP contribution in [0.15, 0.2) is 66.3 Å². The highest BCUT2D eigenvalue weighted by Crippen LogP contribution is 2.25. The number of aromatic nitrogens is 3. The zero-order valence-electron chi connectivity index (χ0n) is 18.2. The summed E-state index contributed by atoms with van der Waals surface area (Å²) in [6.07, 6.45) is 2.48. The molecule has 162 valence electrons. The van der Waals surface area contributed by atoms with E-state index in [1.54, 1.807) is 6.08 Å². The van der Waals surface area contributed by atoms with Crippen molar-refractivity contribution in [1.82, 2.24) is 14.8 Å². The Morgan fingerprint density at radius 3 is 2.71 bits per heavy atom. The van der Waals surface area contributed by atoms with Gasteiger partial charge in [0, 0.05) is 12.2 Å². The summed E-state index contributed by atoms with van der Waals surface area (Å²) in [6.45, 7) is 10.4. The van der Waals surface area contributed by atoms with Gasteiger partial charge in [-0.3, -0.25) is 9.36 Å². The Labute approximate surface area is 187 Å². The fourth-order valence-electron chi connectivity index (χ4n) is 3.12. The number of anilines is 1. The molecular formula is C24H28N4O2S. The van der Waals surface area contributed by atoms with E-state index in [0.717, 1.165) is 23.4 Å². The Bertz CT molecular complexity index is 1030. The van der Waals surface area contributed by atoms with Crippen LogP contribution in [0.2, 0.25) is 0 Å². The lowest BCUT2D eigenvalue weighted by molar-refractivity contribution is -0.113. The van der Waals surface area contributed by atoms with Crippen LogP contribution in [-0.2, 0) is 17.8 Å². The SMILES string of the molecule is C=CCn1c(SCC(=O)Nc2cccc(C)c2)nnc1C(C)Oc1ccc(CC)cc1. The predicted octanol–water partition coefficient (Wildman–Crippen LogP) is 5.21. The van der Waals surface area contributed by atoms with Crippen molar-refractivity contribution in [3.8, 4) is 5.75 Å². The van der Waals surface area contributed by atoms with E-state index in [0.29, 0.717) is 17.5 Å². The number of hydrogen-bond acceptors (Lipinski definition) is 5. The van der Waals surface area contributed by atoms with Gasteiger partial charge in [0.25, 0.3) is 0 Å². The fourth-order valence-corrected chi connectivity index (χ4v) is 3.87. The quantitative estimate of drug-likeness (QED) is 0.349. The molecule has 3 rings (SSSR count). The van der Waals surface area contributed by atoms with E-state index in [1.165, 1.54) is 17.3 Å². The summed E-state index contributed by atoms with van der Waals surface area (Å²) in [4.78, 5) is 12.4. The zero-order valence-corrected chi connectivity index (χ0v) is 19.0. The number of thioether (sulfide) groups is 1. The van der Waals surface area contributed by atoms with E-state index < -0.39 is 0 Å². The summed E-state index contributed by atoms with van der Waals surface area (Å²) >= 11 is 1.34. The van der Waals surface area contributed by atoms with Crippen molar-refractivity contribution >= 4 is 23.4 Å². The molecule has 0 aliphatic rings. The number of rotatable bonds is 10. The van der Waals surface area contributed by atoms with Crippen LogP contribution in [0.4, 0.5) is 5.69 Å². The minimum absolute atomic E-state index is 0.0920. The normalized spacial score (nSPS) is 11.7. The second kappa shape index (κ2) is 10.8. The number of hydrogen-bond donors (Lipinski definition) is 1. The van der Waals surface area contributed by atoms with Crippen molar-refractivity contribution in [3.63, 3.8) is 0 Å². The zero-order chi connectivity index (χ0) is 22.2. The molecule has 0 saturated carbocycles. The average molecular weight is 437 g/mol. The first-order valence-corrected chi connectivity index (χ1v) is 11.3. The molecule has 0 spiro atoms. The predicted molar refractivity (Wildman–Crippen MR) is 126 cm³/mol. The van der Waals surface area contributed by atoms with Crippen molar-refractivity contribution in [3.05, 3.63) is 78.1 Å². The molecule has 1 aromatic heterocycles. The number of allylic oxidation sites excluding steroid dienone is 1. The van der Waals surface area contributed by atoms with Gasteiger partial charge in [-0.1, -0.05) is 49.0 Å². The van der Waals surface area contributed by atoms with Crippen LogP contribution in [-0.4, -0.2) is 26.4 Å². The lowest BCUT2D eigenvalue weighted by Crippen LogP contribution is -2.15. The third-order valence-electron chi connectivity index (χ3n) is 4.70. The molecule has 1 atom stereocenters. The van der Waals surface area contributed by atoms with Gasteiger partial charge in [0.15, 0.2) is 17.1 Å². The molecule has 1 N–H and O–H groups in total. The lowest BCUT2D eigenvalue weighted by atomic mass is 10.2. The Morgan fingerprint density at radius 2 is 2.03 bits per heavy atom. The first-order valence-electron chi connectivity index (χ1n) is 10.3. The van der Waals surface area contributed by atoms with Crippen molar-refractivity contribution in [2.24, 2.45) is 0 Å². The molecule has 1 heterocycles. The summed E-state index contributed by atoms with van der Waals surface area (Å²) in [5.74, 6) is 1.62. The van der Waals surface area contributed by atoms with Gasteiger partial charge in [-0.05, 0) is 55.7 Å². The summed E-state index contributed by atoms with van der Waals surface area (Å²) in [5, 5.41) is 12.2. The first-order chi connectivity index (χ1) is 15.0. The van der Waals surface area contributed by atoms with Crippen LogP contribution in [0, 0.1) is 6.92 Å². The Kier molecular flexibility index (Phi) is 7.89. The summed E-state index contributed by atoms with van der Waals surface area (Å²) in [7, 11) is 0. The number of amides is 1. The molecule has 0 fully saturated rings. The first kappa shape index (κ1) is 22.6. The molecule has 0 bridgehead atoms. The Balaban J connectivity index is 1.65. The molecule has 0 saturated heterocycles. The fraction of sp³-hybridized carbons (Fsp3) is 0.292. The minimum Gasteiger partial charge on any atom is -0.483 e. The third-order valence-corrected chi connectivity index (χ3v) is 5.67. The topological polar surface area (TPSA) is 69.0 Å². The number of carbonyl (C=O) groups excluding carboxylic acids is 1. The molecule has 1 unspecified atom stereocenters. The minimum atomic E-state index is -0.296. The van der Waals surface area contributed by atoms with Gasteiger partial charge < -0.3 is 10.1 Å². The maximum absolute atomic E-state index is 12.4. The third kappa shape index (κ3) is 6.21. The van der Waals surface area contributed by atoms with Crippen molar-refractivity contribution in [2.75, 3.05) is 11.1 Å². The highest BCUT2D eigenvalue weighted by Gasteiger charge is 2.20. The molecule has 0 radical (unpaired) electrons. The van der Waals surface area contributed by atoms with Gasteiger partial charge in [0.1, 0.15) is 5.75 Å². The van der Waals surface area contributed by atoms with Gasteiger partial charge >= 0.3 is 0 Å². The smallest absolute Gasteiger partial charge is 0.234 e. The van der Waals surface area contributed by atoms with Gasteiger partial charge in [-0.15, -0.1) is 16.8 Å². The summed E-state index contributed by atoms with van der Waals surface area (Å²) < 4.78 is 8.00. The van der Waals surface area contributed by atoms with Gasteiger partial charge in [0.2, 0.25) is 5.91 Å². The van der Waals surface area contributed by atoms with Crippen LogP contribution >= 0.6 is 11.8 Å². The average Bonchev–Trinajstić information content (AvgIpc) is 3.16. The van der Waals surface area contributed by atoms with E-state index in [4.69, 9.17) is 4.74 Å². The summed E-state index contributed by atoms with van der Waals surface area (Å²) in [5.41, 5.74) is 3.14. The number of benzene rings is 2. The Hall–Kier alpha value is -3.06. The van der Waals surface area contributed by atoms with Gasteiger partial charge in [-0.25, -0.2) is 0 Å². The molecule has 31 heavy (non-hydrogen) atoms. The van der Waals surface area contributed by atoms with E-state index in [-0.39, 0.29) is 17.8 Å². The monoisotopic (exact) mass is 436 g/mol. The van der Waals surface area contributed by atoms with E-state index >= 15 is 0 Å². The van der Waals surface area contributed by atoms with Crippen molar-refractivity contribution < 1.29 is 9.53 Å². The highest BCUT2D eigenvalue weighted by molar-refractivity contribution is 7.99. The standard InChI is InChI=1S/C24H28N4O2S/c1-5-14-28-23(18(4)30-21-12-10-19(6-2)11-13-21)26-27-24(28)31-16-22(29)25-20-9-7-8-17(3)15-20/h5,7-13,15,18H,1,6,14,16H2,2-4H3,(H,25,29). The molecule has 6 nitrogen and oxygen atoms in total. The molecule has 1 amide bonds. The maximum atomic E-state index is 12.4. The number of nitrogens with zero attached hydrogens (tertiary/aromatic N) is 3. The molecule has 7 heteroatoms. The Morgan fingerprint density at radius 1 is 1.26 bits per heavy atom. The van der Waals surface area contributed by atoms with E-state index in [9.17, 15) is 4.79 Å². The van der Waals surface area contributed by atoms with Crippen LogP contribution in [0.3, 0.4) is 0 Å². The van der Waals surface area contributed by atoms with Crippen molar-refractivity contribution in [2.45, 2.75) is 45.0 Å². The lowest BCUT2D eigenvalue weighted by Gasteiger charge is -2.16. The second-order valence-corrected chi connectivity index (χ2v) is 8.15. The van der Waals surface area contributed by atoms with Crippen molar-refractivity contribution in [1.29, 1.82) is 0 Å². The number of aryl methyl sites for hydroxylation is 2. The highest BCUT2D eigenvalue weighted by atomic mass is 32.2. The second-order valence-electron chi connectivity index (χ2n) is 7.20. The molecule has 3 aromatic rings. The van der Waals surface area contributed by atoms with Gasteiger partial charge in [-0.2, -0.15) is 0 Å². The molecule has 0 aliphatic carbocycles. The largest absolute Gasteiger partial charge is 0.483 e. The molecular weight excluding hydrogens is 408 g/mol. The molecule has 2 aromatic carbocycles. The number of carbonyl (C=O) groups is 1.